The van der Waals surface area contributed by atoms with Gasteiger partial charge in [-0.2, -0.15) is 0 Å². The van der Waals surface area contributed by atoms with Gasteiger partial charge in [-0.1, -0.05) is 13.0 Å². The molecule has 0 amide bonds. The van der Waals surface area contributed by atoms with Crippen molar-refractivity contribution in [3.8, 4) is 11.6 Å². The Bertz CT molecular complexity index is 443. The maximum atomic E-state index is 5.36. The van der Waals surface area contributed by atoms with Crippen molar-refractivity contribution in [1.82, 2.24) is 15.2 Å². The van der Waals surface area contributed by atoms with Gasteiger partial charge in [-0.25, -0.2) is 0 Å². The Morgan fingerprint density at radius 2 is 2.27 bits per heavy atom. The van der Waals surface area contributed by atoms with Gasteiger partial charge in [0.25, 0.3) is 11.1 Å². The topological polar surface area (TPSA) is 51.8 Å². The largest absolute Gasteiger partial charge is 0.409 e. The zero-order valence-electron chi connectivity index (χ0n) is 7.98. The molecule has 0 N–H and O–H groups in total. The highest BCUT2D eigenvalue weighted by Gasteiger charge is 2.08. The van der Waals surface area contributed by atoms with Crippen LogP contribution in [0.2, 0.25) is 0 Å². The molecule has 0 bridgehead atoms. The first kappa shape index (κ1) is 10.9. The highest BCUT2D eigenvalue weighted by Crippen LogP contribution is 2.26. The maximum Gasteiger partial charge on any atom is 0.287 e. The fraction of sp³-hybridized carbons (Fsp3) is 0.222. The molecule has 2 heterocycles. The van der Waals surface area contributed by atoms with Crippen LogP contribution in [-0.2, 0) is 6.42 Å². The number of aryl methyl sites for hydroxylation is 1. The van der Waals surface area contributed by atoms with E-state index in [9.17, 15) is 0 Å². The van der Waals surface area contributed by atoms with Crippen LogP contribution in [0.5, 0.6) is 0 Å². The fourth-order valence-corrected chi connectivity index (χ4v) is 1.82. The van der Waals surface area contributed by atoms with Gasteiger partial charge in [-0.3, -0.25) is 4.98 Å². The molecule has 0 fully saturated rings. The number of nitrogens with zero attached hydrogens (tertiary/aromatic N) is 3. The van der Waals surface area contributed by atoms with Gasteiger partial charge in [0.2, 0.25) is 0 Å². The first-order valence-electron chi connectivity index (χ1n) is 4.41. The molecule has 0 aromatic carbocycles. The van der Waals surface area contributed by atoms with Crippen LogP contribution in [-0.4, -0.2) is 15.2 Å². The average molecular weight is 333 g/mol. The van der Waals surface area contributed by atoms with Crippen LogP contribution < -0.4 is 0 Å². The van der Waals surface area contributed by atoms with Gasteiger partial charge in [0.05, 0.1) is 0 Å². The lowest BCUT2D eigenvalue weighted by atomic mass is 10.2. The standard InChI is InChI=1S/C9H8IN3OS/c1-2-6-3-4-7(11-5-6)8-12-13-9(14-8)15-10/h3-5H,2H2,1H3. The van der Waals surface area contributed by atoms with E-state index in [1.54, 1.807) is 0 Å². The molecule has 2 aromatic rings. The molecule has 0 saturated carbocycles. The molecule has 0 unspecified atom stereocenters. The molecule has 6 heteroatoms. The molecule has 0 radical (unpaired) electrons. The molecule has 0 saturated heterocycles. The Hall–Kier alpha value is -0.630. The molecule has 0 atom stereocenters. The number of hydrogen-bond donors (Lipinski definition) is 0. The van der Waals surface area contributed by atoms with Crippen molar-refractivity contribution in [3.05, 3.63) is 23.9 Å². The van der Waals surface area contributed by atoms with E-state index in [-0.39, 0.29) is 0 Å². The van der Waals surface area contributed by atoms with E-state index < -0.39 is 0 Å². The summed E-state index contributed by atoms with van der Waals surface area (Å²) in [6.07, 6.45) is 2.81. The fourth-order valence-electron chi connectivity index (χ4n) is 1.10. The molecule has 0 aliphatic heterocycles. The number of rotatable bonds is 3. The summed E-state index contributed by atoms with van der Waals surface area (Å²) >= 11 is 2.10. The van der Waals surface area contributed by atoms with Gasteiger partial charge in [0.1, 0.15) is 5.69 Å². The zero-order chi connectivity index (χ0) is 10.7. The Morgan fingerprint density at radius 1 is 1.40 bits per heavy atom. The monoisotopic (exact) mass is 333 g/mol. The lowest BCUT2D eigenvalue weighted by Gasteiger charge is -1.96. The van der Waals surface area contributed by atoms with Crippen LogP contribution in [0.3, 0.4) is 0 Å². The first-order valence-corrected chi connectivity index (χ1v) is 7.76. The highest BCUT2D eigenvalue weighted by atomic mass is 127. The van der Waals surface area contributed by atoms with Crippen molar-refractivity contribution in [1.29, 1.82) is 0 Å². The Kier molecular flexibility index (Phi) is 3.57. The lowest BCUT2D eigenvalue weighted by molar-refractivity contribution is 0.466. The predicted octanol–water partition coefficient (Wildman–Crippen LogP) is 3.14. The third-order valence-electron chi connectivity index (χ3n) is 1.92. The van der Waals surface area contributed by atoms with Crippen LogP contribution in [0.1, 0.15) is 12.5 Å². The van der Waals surface area contributed by atoms with Crippen LogP contribution in [0.15, 0.2) is 28.0 Å². The average Bonchev–Trinajstić information content (AvgIpc) is 2.78. The second-order valence-electron chi connectivity index (χ2n) is 2.86. The van der Waals surface area contributed by atoms with Gasteiger partial charge in [-0.05, 0) is 18.1 Å². The molecule has 2 aromatic heterocycles. The second-order valence-corrected chi connectivity index (χ2v) is 4.68. The summed E-state index contributed by atoms with van der Waals surface area (Å²) < 4.78 is 5.36. The van der Waals surface area contributed by atoms with Crippen LogP contribution in [0, 0.1) is 0 Å². The summed E-state index contributed by atoms with van der Waals surface area (Å²) in [6, 6.07) is 3.91. The third-order valence-corrected chi connectivity index (χ3v) is 3.35. The van der Waals surface area contributed by atoms with E-state index in [1.165, 1.54) is 14.5 Å². The third kappa shape index (κ3) is 2.49. The smallest absolute Gasteiger partial charge is 0.287 e. The summed E-state index contributed by atoms with van der Waals surface area (Å²) in [4.78, 5) is 4.26. The normalized spacial score (nSPS) is 10.5. The van der Waals surface area contributed by atoms with Crippen LogP contribution in [0.4, 0.5) is 0 Å². The minimum Gasteiger partial charge on any atom is -0.409 e. The molecule has 4 nitrogen and oxygen atoms in total. The van der Waals surface area contributed by atoms with E-state index in [1.807, 2.05) is 18.3 Å². The molecular weight excluding hydrogens is 325 g/mol. The van der Waals surface area contributed by atoms with Gasteiger partial charge < -0.3 is 4.42 Å². The van der Waals surface area contributed by atoms with Crippen molar-refractivity contribution in [2.75, 3.05) is 0 Å². The summed E-state index contributed by atoms with van der Waals surface area (Å²) in [5.74, 6) is 0.469. The zero-order valence-corrected chi connectivity index (χ0v) is 10.9. The molecule has 78 valence electrons. The summed E-state index contributed by atoms with van der Waals surface area (Å²) in [6.45, 7) is 2.09. The molecular formula is C9H8IN3OS. The minimum absolute atomic E-state index is 0.469. The quantitative estimate of drug-likeness (QED) is 0.808. The van der Waals surface area contributed by atoms with Crippen molar-refractivity contribution in [2.45, 2.75) is 18.6 Å². The van der Waals surface area contributed by atoms with Crippen molar-refractivity contribution in [2.24, 2.45) is 0 Å². The van der Waals surface area contributed by atoms with Gasteiger partial charge >= 0.3 is 0 Å². The molecule has 0 spiro atoms. The van der Waals surface area contributed by atoms with E-state index in [2.05, 4.69) is 43.3 Å². The minimum atomic E-state index is 0.469. The SMILES string of the molecule is CCc1ccc(-c2nnc(SI)o2)nc1. The van der Waals surface area contributed by atoms with Crippen molar-refractivity contribution < 1.29 is 4.42 Å². The number of pyridine rings is 1. The van der Waals surface area contributed by atoms with Crippen molar-refractivity contribution in [3.63, 3.8) is 0 Å². The van der Waals surface area contributed by atoms with Gasteiger partial charge in [-0.15, -0.1) is 10.2 Å². The van der Waals surface area contributed by atoms with Crippen LogP contribution in [0.25, 0.3) is 11.6 Å². The molecule has 0 aliphatic carbocycles. The lowest BCUT2D eigenvalue weighted by Crippen LogP contribution is -1.86. The Labute approximate surface area is 103 Å². The summed E-state index contributed by atoms with van der Waals surface area (Å²) in [5.41, 5.74) is 1.91. The molecule has 15 heavy (non-hydrogen) atoms. The van der Waals surface area contributed by atoms with Crippen LogP contribution >= 0.6 is 30.1 Å². The first-order chi connectivity index (χ1) is 7.33. The number of hydrogen-bond acceptors (Lipinski definition) is 5. The van der Waals surface area contributed by atoms with E-state index in [0.717, 1.165) is 12.1 Å². The maximum absolute atomic E-state index is 5.36. The van der Waals surface area contributed by atoms with E-state index in [0.29, 0.717) is 11.1 Å². The number of halogens is 1. The Balaban J connectivity index is 2.28. The van der Waals surface area contributed by atoms with Crippen molar-refractivity contribution >= 4 is 30.1 Å². The summed E-state index contributed by atoms with van der Waals surface area (Å²) in [7, 11) is 1.39. The van der Waals surface area contributed by atoms with E-state index >= 15 is 0 Å². The Morgan fingerprint density at radius 3 is 2.80 bits per heavy atom. The second kappa shape index (κ2) is 4.93. The summed E-state index contributed by atoms with van der Waals surface area (Å²) in [5, 5.41) is 8.31. The van der Waals surface area contributed by atoms with Gasteiger partial charge in [0.15, 0.2) is 0 Å². The van der Waals surface area contributed by atoms with Gasteiger partial charge in [0, 0.05) is 36.3 Å². The molecule has 0 aliphatic rings. The number of aromatic nitrogens is 3. The highest BCUT2D eigenvalue weighted by molar-refractivity contribution is 14.2. The predicted molar refractivity (Wildman–Crippen MR) is 66.8 cm³/mol. The molecule has 2 rings (SSSR count). The van der Waals surface area contributed by atoms with E-state index in [4.69, 9.17) is 4.42 Å².